The molecule has 0 saturated heterocycles. The van der Waals surface area contributed by atoms with Crippen LogP contribution >= 0.6 is 0 Å². The van der Waals surface area contributed by atoms with Gasteiger partial charge in [0.25, 0.3) is 0 Å². The zero-order valence-electron chi connectivity index (χ0n) is 28.6. The summed E-state index contributed by atoms with van der Waals surface area (Å²) < 4.78 is 16.6. The summed E-state index contributed by atoms with van der Waals surface area (Å²) in [5.41, 5.74) is 8.62. The standard InChI is InChI=1S/C28H24NO.C14H16GeN.Ir/c1-3-19(4-2)22-15-16-29-26(17-22)25-12-8-11-24-23-14-13-21(18-27(23)30-28(24)25)20-9-6-5-7-10-20;1-15(2,3)13-9-10-14(16-11-13)12-7-5-4-6-8-12;/h5-11,13-19H,3-4H2,1-2H3;4-7,9-11H,1-3H3;/q2*-1;/i19D;;. The van der Waals surface area contributed by atoms with Gasteiger partial charge in [-0.3, -0.25) is 0 Å². The molecule has 0 fully saturated rings. The Labute approximate surface area is 296 Å². The molecule has 7 rings (SSSR count). The van der Waals surface area contributed by atoms with Gasteiger partial charge in [0, 0.05) is 33.1 Å². The molecular weight excluding hydrogens is 813 g/mol. The minimum absolute atomic E-state index is 0. The van der Waals surface area contributed by atoms with Gasteiger partial charge in [0.1, 0.15) is 5.58 Å². The van der Waals surface area contributed by atoms with Crippen LogP contribution in [0.3, 0.4) is 0 Å². The minimum atomic E-state index is -1.72. The second-order valence-electron chi connectivity index (χ2n) is 12.5. The van der Waals surface area contributed by atoms with Crippen LogP contribution < -0.4 is 4.40 Å². The van der Waals surface area contributed by atoms with Crippen molar-refractivity contribution in [2.24, 2.45) is 0 Å². The van der Waals surface area contributed by atoms with Crippen LogP contribution in [0.5, 0.6) is 0 Å². The monoisotopic (exact) mass is 856 g/mol. The number of hydrogen-bond acceptors (Lipinski definition) is 3. The molecule has 47 heavy (non-hydrogen) atoms. The zero-order chi connectivity index (χ0) is 33.0. The quantitative estimate of drug-likeness (QED) is 0.118. The molecule has 0 spiro atoms. The summed E-state index contributed by atoms with van der Waals surface area (Å²) in [5, 5.41) is 2.14. The van der Waals surface area contributed by atoms with Crippen molar-refractivity contribution in [3.63, 3.8) is 0 Å². The molecule has 0 amide bonds. The molecule has 0 bridgehead atoms. The van der Waals surface area contributed by atoms with Crippen molar-refractivity contribution in [2.45, 2.75) is 49.9 Å². The molecule has 5 heteroatoms. The first-order valence-corrected chi connectivity index (χ1v) is 23.4. The molecule has 4 aromatic carbocycles. The average Bonchev–Trinajstić information content (AvgIpc) is 3.50. The van der Waals surface area contributed by atoms with E-state index < -0.39 is 19.2 Å². The summed E-state index contributed by atoms with van der Waals surface area (Å²) in [7, 11) is 0. The Balaban J connectivity index is 0.000000224. The molecular formula is C42H40GeIrN2O-2. The van der Waals surface area contributed by atoms with Crippen molar-refractivity contribution in [3.8, 4) is 33.6 Å². The number of nitrogens with zero attached hydrogens (tertiary/aromatic N) is 2. The van der Waals surface area contributed by atoms with Crippen molar-refractivity contribution in [3.05, 3.63) is 139 Å². The number of hydrogen-bond donors (Lipinski definition) is 0. The third-order valence-corrected chi connectivity index (χ3v) is 12.7. The van der Waals surface area contributed by atoms with E-state index in [4.69, 9.17) is 5.79 Å². The first-order chi connectivity index (χ1) is 22.7. The van der Waals surface area contributed by atoms with Gasteiger partial charge in [-0.05, 0) is 47.7 Å². The van der Waals surface area contributed by atoms with Crippen LogP contribution in [-0.2, 0) is 20.1 Å². The number of rotatable bonds is 7. The largest absolute Gasteiger partial charge is 0 e. The van der Waals surface area contributed by atoms with E-state index in [1.54, 1.807) is 6.20 Å². The summed E-state index contributed by atoms with van der Waals surface area (Å²) >= 11 is -1.72. The molecule has 1 radical (unpaired) electrons. The van der Waals surface area contributed by atoms with Gasteiger partial charge in [0.15, 0.2) is 0 Å². The smallest absolute Gasteiger partial charge is 0 e. The van der Waals surface area contributed by atoms with Gasteiger partial charge in [0.05, 0.1) is 5.58 Å². The summed E-state index contributed by atoms with van der Waals surface area (Å²) in [6.45, 7) is 4.13. The van der Waals surface area contributed by atoms with Gasteiger partial charge >= 0.3 is 99.8 Å². The Morgan fingerprint density at radius 3 is 2.21 bits per heavy atom. The maximum Gasteiger partial charge on any atom is 0 e. The van der Waals surface area contributed by atoms with Crippen LogP contribution in [0.15, 0.2) is 126 Å². The van der Waals surface area contributed by atoms with E-state index in [9.17, 15) is 0 Å². The van der Waals surface area contributed by atoms with Crippen molar-refractivity contribution in [2.75, 3.05) is 0 Å². The van der Waals surface area contributed by atoms with E-state index in [2.05, 4.69) is 95.7 Å². The molecule has 239 valence electrons. The average molecular weight is 855 g/mol. The summed E-state index contributed by atoms with van der Waals surface area (Å²) in [6, 6.07) is 43.5. The number of pyridine rings is 2. The van der Waals surface area contributed by atoms with Gasteiger partial charge in [-0.15, -0.1) is 18.2 Å². The molecule has 0 N–H and O–H groups in total. The van der Waals surface area contributed by atoms with Crippen LogP contribution in [0.1, 0.15) is 39.5 Å². The maximum atomic E-state index is 8.81. The maximum absolute atomic E-state index is 8.81. The van der Waals surface area contributed by atoms with Crippen molar-refractivity contribution in [1.29, 1.82) is 0 Å². The molecule has 0 aliphatic heterocycles. The van der Waals surface area contributed by atoms with Crippen LogP contribution in [0.4, 0.5) is 0 Å². The Hall–Kier alpha value is -3.83. The fourth-order valence-electron chi connectivity index (χ4n) is 5.74. The van der Waals surface area contributed by atoms with Gasteiger partial charge in [-0.1, -0.05) is 78.9 Å². The third-order valence-electron chi connectivity index (χ3n) is 8.43. The Bertz CT molecular complexity index is 2100. The topological polar surface area (TPSA) is 38.9 Å². The molecule has 3 aromatic heterocycles. The number of furan rings is 1. The van der Waals surface area contributed by atoms with E-state index >= 15 is 0 Å². The van der Waals surface area contributed by atoms with E-state index in [1.165, 1.54) is 4.40 Å². The fourth-order valence-corrected chi connectivity index (χ4v) is 7.91. The summed E-state index contributed by atoms with van der Waals surface area (Å²) in [4.78, 5) is 9.13. The molecule has 3 nitrogen and oxygen atoms in total. The second kappa shape index (κ2) is 15.4. The Morgan fingerprint density at radius 2 is 1.53 bits per heavy atom. The molecule has 0 aliphatic rings. The van der Waals surface area contributed by atoms with Crippen molar-refractivity contribution >= 4 is 39.6 Å². The van der Waals surface area contributed by atoms with Crippen LogP contribution in [-0.4, -0.2) is 23.2 Å². The fraction of sp³-hybridized carbons (Fsp3) is 0.190. The molecule has 0 unspecified atom stereocenters. The van der Waals surface area contributed by atoms with Crippen LogP contribution in [0, 0.1) is 12.1 Å². The number of benzene rings is 4. The van der Waals surface area contributed by atoms with E-state index in [-0.39, 0.29) is 20.1 Å². The molecule has 0 saturated carbocycles. The first-order valence-electron chi connectivity index (χ1n) is 16.5. The van der Waals surface area contributed by atoms with Crippen LogP contribution in [0.25, 0.3) is 55.6 Å². The van der Waals surface area contributed by atoms with Crippen LogP contribution in [0.2, 0.25) is 17.3 Å². The normalized spacial score (nSPS) is 11.8. The third kappa shape index (κ3) is 7.84. The minimum Gasteiger partial charge on any atom is 0 e. The van der Waals surface area contributed by atoms with Gasteiger partial charge in [0.2, 0.25) is 0 Å². The summed E-state index contributed by atoms with van der Waals surface area (Å²) in [5.74, 6) is 6.53. The number of aromatic nitrogens is 2. The zero-order valence-corrected chi connectivity index (χ0v) is 32.1. The number of fused-ring (bicyclic) bond motifs is 3. The predicted molar refractivity (Wildman–Crippen MR) is 196 cm³/mol. The Morgan fingerprint density at radius 1 is 0.745 bits per heavy atom. The summed E-state index contributed by atoms with van der Waals surface area (Å²) in [6.07, 6.45) is 5.35. The Kier molecular flexibility index (Phi) is 10.8. The van der Waals surface area contributed by atoms with Gasteiger partial charge in [-0.2, -0.15) is 0 Å². The second-order valence-corrected chi connectivity index (χ2v) is 23.1. The molecule has 0 aliphatic carbocycles. The van der Waals surface area contributed by atoms with Gasteiger partial charge < -0.3 is 9.40 Å². The van der Waals surface area contributed by atoms with Crippen molar-refractivity contribution < 1.29 is 25.9 Å². The van der Waals surface area contributed by atoms with Crippen molar-refractivity contribution in [1.82, 2.24) is 9.97 Å². The van der Waals surface area contributed by atoms with Gasteiger partial charge in [-0.25, -0.2) is 0 Å². The molecule has 0 atom stereocenters. The SMILES string of the molecule is [2H]C(CC)(CC)c1ccnc(-c2[c-]ccc3c2oc2cc(-c4ccccc4)ccc23)c1.[CH3][Ge]([CH3])([CH3])[c]1ccc(-c2[c-]cccc2)nc1.[Ir]. The predicted octanol–water partition coefficient (Wildman–Crippen LogP) is 11.1. The molecule has 3 heterocycles. The molecule has 7 aromatic rings. The van der Waals surface area contributed by atoms with E-state index in [1.807, 2.05) is 72.9 Å². The van der Waals surface area contributed by atoms with E-state index in [0.29, 0.717) is 0 Å². The first kappa shape index (κ1) is 33.1. The van der Waals surface area contributed by atoms with E-state index in [0.717, 1.165) is 74.0 Å².